The van der Waals surface area contributed by atoms with Crippen molar-refractivity contribution in [2.45, 2.75) is 25.7 Å². The molecule has 0 atom stereocenters. The van der Waals surface area contributed by atoms with E-state index in [4.69, 9.17) is 9.47 Å². The number of H-pyrrole nitrogens is 1. The largest absolute Gasteiger partial charge is 0.497 e. The summed E-state index contributed by atoms with van der Waals surface area (Å²) in [6.45, 7) is 0. The Bertz CT molecular complexity index is 767. The van der Waals surface area contributed by atoms with Gasteiger partial charge >= 0.3 is 0 Å². The number of hydrazone groups is 1. The molecule has 126 valence electrons. The quantitative estimate of drug-likeness (QED) is 0.649. The molecular formula is C17H20N4O3. The fourth-order valence-electron chi connectivity index (χ4n) is 2.82. The molecule has 1 heterocycles. The molecule has 0 saturated heterocycles. The number of aromatic amines is 1. The van der Waals surface area contributed by atoms with Crippen molar-refractivity contribution in [1.29, 1.82) is 0 Å². The van der Waals surface area contributed by atoms with Crippen LogP contribution in [0.25, 0.3) is 0 Å². The Morgan fingerprint density at radius 2 is 2.12 bits per heavy atom. The molecule has 1 aliphatic rings. The fraction of sp³-hybridized carbons (Fsp3) is 0.353. The molecule has 7 nitrogen and oxygen atoms in total. The number of aromatic nitrogens is 2. The van der Waals surface area contributed by atoms with Crippen molar-refractivity contribution < 1.29 is 14.3 Å². The average molecular weight is 328 g/mol. The van der Waals surface area contributed by atoms with Crippen molar-refractivity contribution in [3.63, 3.8) is 0 Å². The van der Waals surface area contributed by atoms with Gasteiger partial charge in [0.05, 0.1) is 20.4 Å². The van der Waals surface area contributed by atoms with Gasteiger partial charge in [0.2, 0.25) is 0 Å². The predicted octanol–water partition coefficient (Wildman–Crippen LogP) is 2.07. The lowest BCUT2D eigenvalue weighted by Crippen LogP contribution is -2.20. The summed E-state index contributed by atoms with van der Waals surface area (Å²) in [5, 5.41) is 11.1. The number of hydrogen-bond acceptors (Lipinski definition) is 5. The Balaban J connectivity index is 1.72. The maximum atomic E-state index is 12.3. The van der Waals surface area contributed by atoms with Crippen LogP contribution in [0.5, 0.6) is 11.5 Å². The van der Waals surface area contributed by atoms with E-state index in [-0.39, 0.29) is 5.91 Å². The number of ether oxygens (including phenoxy) is 2. The maximum Gasteiger partial charge on any atom is 0.292 e. The molecule has 7 heteroatoms. The normalized spacial score (nSPS) is 13.6. The number of benzene rings is 1. The van der Waals surface area contributed by atoms with Gasteiger partial charge in [-0.2, -0.15) is 10.2 Å². The first-order chi connectivity index (χ1) is 11.7. The molecule has 0 aliphatic heterocycles. The third-order valence-corrected chi connectivity index (χ3v) is 4.08. The number of carbonyl (C=O) groups excluding carboxylic acids is 1. The zero-order valence-electron chi connectivity index (χ0n) is 13.8. The monoisotopic (exact) mass is 328 g/mol. The van der Waals surface area contributed by atoms with Crippen LogP contribution >= 0.6 is 0 Å². The van der Waals surface area contributed by atoms with Crippen LogP contribution in [0, 0.1) is 0 Å². The standard InChI is InChI=1S/C17H20N4O3/c1-23-12-7-8-15(24-2)11(9-12)10-18-21-17(22)16-13-5-3-4-6-14(13)19-20-16/h7-10H,3-6H2,1-2H3,(H,19,20)(H,21,22)/b18-10-. The third-order valence-electron chi connectivity index (χ3n) is 4.08. The molecule has 0 radical (unpaired) electrons. The zero-order valence-corrected chi connectivity index (χ0v) is 13.8. The summed E-state index contributed by atoms with van der Waals surface area (Å²) in [6.07, 6.45) is 5.56. The lowest BCUT2D eigenvalue weighted by atomic mass is 9.96. The van der Waals surface area contributed by atoms with Crippen molar-refractivity contribution in [2.24, 2.45) is 5.10 Å². The molecule has 1 aromatic carbocycles. The Morgan fingerprint density at radius 1 is 1.29 bits per heavy atom. The Labute approximate surface area is 140 Å². The summed E-state index contributed by atoms with van der Waals surface area (Å²) in [5.41, 5.74) is 5.73. The molecule has 0 fully saturated rings. The van der Waals surface area contributed by atoms with Crippen LogP contribution in [0.3, 0.4) is 0 Å². The second kappa shape index (κ2) is 7.16. The van der Waals surface area contributed by atoms with E-state index in [1.165, 1.54) is 6.21 Å². The second-order valence-corrected chi connectivity index (χ2v) is 5.54. The van der Waals surface area contributed by atoms with Gasteiger partial charge in [0.1, 0.15) is 11.5 Å². The van der Waals surface area contributed by atoms with E-state index in [1.807, 2.05) is 0 Å². The van der Waals surface area contributed by atoms with Gasteiger partial charge in [-0.25, -0.2) is 5.43 Å². The minimum absolute atomic E-state index is 0.312. The van der Waals surface area contributed by atoms with Crippen molar-refractivity contribution >= 4 is 12.1 Å². The van der Waals surface area contributed by atoms with Crippen LogP contribution in [0.15, 0.2) is 23.3 Å². The molecule has 0 unspecified atom stereocenters. The Morgan fingerprint density at radius 3 is 2.92 bits per heavy atom. The molecular weight excluding hydrogens is 308 g/mol. The summed E-state index contributed by atoms with van der Waals surface area (Å²) >= 11 is 0. The first-order valence-electron chi connectivity index (χ1n) is 7.84. The van der Waals surface area contributed by atoms with E-state index < -0.39 is 0 Å². The van der Waals surface area contributed by atoms with E-state index in [0.29, 0.717) is 22.8 Å². The van der Waals surface area contributed by atoms with Crippen molar-refractivity contribution in [2.75, 3.05) is 14.2 Å². The number of aryl methyl sites for hydroxylation is 1. The maximum absolute atomic E-state index is 12.3. The number of amides is 1. The number of nitrogens with zero attached hydrogens (tertiary/aromatic N) is 2. The molecule has 0 saturated carbocycles. The predicted molar refractivity (Wildman–Crippen MR) is 89.8 cm³/mol. The van der Waals surface area contributed by atoms with Gasteiger partial charge in [0, 0.05) is 16.8 Å². The third kappa shape index (κ3) is 3.24. The van der Waals surface area contributed by atoms with Gasteiger partial charge in [0.15, 0.2) is 5.69 Å². The number of rotatable bonds is 5. The Hall–Kier alpha value is -2.83. The molecule has 2 N–H and O–H groups in total. The number of hydrogen-bond donors (Lipinski definition) is 2. The van der Waals surface area contributed by atoms with Crippen molar-refractivity contribution in [3.05, 3.63) is 40.7 Å². The summed E-state index contributed by atoms with van der Waals surface area (Å²) in [6, 6.07) is 5.36. The highest BCUT2D eigenvalue weighted by Gasteiger charge is 2.21. The van der Waals surface area contributed by atoms with Gasteiger partial charge in [-0.1, -0.05) is 0 Å². The molecule has 2 aromatic rings. The number of methoxy groups -OCH3 is 2. The molecule has 3 rings (SSSR count). The first-order valence-corrected chi connectivity index (χ1v) is 7.84. The highest BCUT2D eigenvalue weighted by atomic mass is 16.5. The summed E-state index contributed by atoms with van der Waals surface area (Å²) in [7, 11) is 3.17. The van der Waals surface area contributed by atoms with Crippen LogP contribution in [0.1, 0.15) is 40.2 Å². The zero-order chi connectivity index (χ0) is 16.9. The Kier molecular flexibility index (Phi) is 4.79. The smallest absolute Gasteiger partial charge is 0.292 e. The number of nitrogens with one attached hydrogen (secondary N) is 2. The molecule has 1 aromatic heterocycles. The second-order valence-electron chi connectivity index (χ2n) is 5.54. The van der Waals surface area contributed by atoms with Gasteiger partial charge in [-0.05, 0) is 43.9 Å². The van der Waals surface area contributed by atoms with Crippen LogP contribution in [-0.2, 0) is 12.8 Å². The van der Waals surface area contributed by atoms with Crippen LogP contribution in [0.4, 0.5) is 0 Å². The highest BCUT2D eigenvalue weighted by Crippen LogP contribution is 2.23. The summed E-state index contributed by atoms with van der Waals surface area (Å²) in [5.74, 6) is 1.02. The molecule has 1 aliphatic carbocycles. The first kappa shape index (κ1) is 16.0. The summed E-state index contributed by atoms with van der Waals surface area (Å²) in [4.78, 5) is 12.3. The fourth-order valence-corrected chi connectivity index (χ4v) is 2.82. The average Bonchev–Trinajstić information content (AvgIpc) is 3.05. The molecule has 24 heavy (non-hydrogen) atoms. The topological polar surface area (TPSA) is 88.6 Å². The molecule has 0 bridgehead atoms. The number of carbonyl (C=O) groups is 1. The van der Waals surface area contributed by atoms with Crippen molar-refractivity contribution in [1.82, 2.24) is 15.6 Å². The van der Waals surface area contributed by atoms with Crippen LogP contribution < -0.4 is 14.9 Å². The van der Waals surface area contributed by atoms with E-state index in [2.05, 4.69) is 20.7 Å². The van der Waals surface area contributed by atoms with E-state index >= 15 is 0 Å². The minimum Gasteiger partial charge on any atom is -0.497 e. The molecule has 0 spiro atoms. The van der Waals surface area contributed by atoms with Crippen LogP contribution in [0.2, 0.25) is 0 Å². The molecule has 1 amide bonds. The SMILES string of the molecule is COc1ccc(OC)c(/C=N\NC(=O)c2n[nH]c3c2CCCC3)c1. The van der Waals surface area contributed by atoms with E-state index in [9.17, 15) is 4.79 Å². The number of fused-ring (bicyclic) bond motifs is 1. The lowest BCUT2D eigenvalue weighted by Gasteiger charge is -2.10. The minimum atomic E-state index is -0.312. The van der Waals surface area contributed by atoms with Gasteiger partial charge in [-0.3, -0.25) is 9.89 Å². The van der Waals surface area contributed by atoms with E-state index in [0.717, 1.165) is 36.9 Å². The van der Waals surface area contributed by atoms with Gasteiger partial charge in [-0.15, -0.1) is 0 Å². The van der Waals surface area contributed by atoms with Crippen molar-refractivity contribution in [3.8, 4) is 11.5 Å². The van der Waals surface area contributed by atoms with E-state index in [1.54, 1.807) is 32.4 Å². The lowest BCUT2D eigenvalue weighted by molar-refractivity contribution is 0.0949. The highest BCUT2D eigenvalue weighted by molar-refractivity contribution is 5.95. The van der Waals surface area contributed by atoms with Gasteiger partial charge < -0.3 is 9.47 Å². The van der Waals surface area contributed by atoms with Gasteiger partial charge in [0.25, 0.3) is 5.91 Å². The summed E-state index contributed by atoms with van der Waals surface area (Å²) < 4.78 is 10.5. The van der Waals surface area contributed by atoms with Crippen LogP contribution in [-0.4, -0.2) is 36.5 Å².